The molecule has 21 heavy (non-hydrogen) atoms. The van der Waals surface area contributed by atoms with Crippen LogP contribution < -0.4 is 9.47 Å². The summed E-state index contributed by atoms with van der Waals surface area (Å²) in [5, 5.41) is 0. The van der Waals surface area contributed by atoms with Crippen molar-refractivity contribution in [3.05, 3.63) is 22.2 Å². The van der Waals surface area contributed by atoms with Gasteiger partial charge in [-0.25, -0.2) is 0 Å². The Morgan fingerprint density at radius 3 is 2.57 bits per heavy atom. The van der Waals surface area contributed by atoms with Crippen molar-refractivity contribution in [2.75, 3.05) is 27.3 Å². The van der Waals surface area contributed by atoms with E-state index in [1.807, 2.05) is 14.0 Å². The fourth-order valence-electron chi connectivity index (χ4n) is 1.90. The molecular weight excluding hydrogens is 334 g/mol. The summed E-state index contributed by atoms with van der Waals surface area (Å²) in [6.45, 7) is 5.51. The Bertz CT molecular complexity index is 477. The molecule has 0 unspecified atom stereocenters. The van der Waals surface area contributed by atoms with Crippen LogP contribution in [0.2, 0.25) is 0 Å². The van der Waals surface area contributed by atoms with Crippen molar-refractivity contribution >= 4 is 21.8 Å². The molecule has 0 atom stereocenters. The van der Waals surface area contributed by atoms with E-state index in [4.69, 9.17) is 9.47 Å². The molecule has 0 saturated carbocycles. The van der Waals surface area contributed by atoms with Crippen LogP contribution in [0, 0.1) is 0 Å². The highest BCUT2D eigenvalue weighted by atomic mass is 79.9. The van der Waals surface area contributed by atoms with Crippen LogP contribution in [0.4, 0.5) is 0 Å². The molecule has 0 fully saturated rings. The van der Waals surface area contributed by atoms with Crippen molar-refractivity contribution in [2.24, 2.45) is 0 Å². The highest BCUT2D eigenvalue weighted by molar-refractivity contribution is 9.10. The van der Waals surface area contributed by atoms with Crippen LogP contribution in [0.5, 0.6) is 11.5 Å². The number of hydrogen-bond donors (Lipinski definition) is 0. The molecule has 0 N–H and O–H groups in total. The minimum Gasteiger partial charge on any atom is -0.493 e. The molecule has 0 aromatic heterocycles. The summed E-state index contributed by atoms with van der Waals surface area (Å²) in [4.78, 5) is 14.1. The van der Waals surface area contributed by atoms with E-state index < -0.39 is 0 Å². The minimum absolute atomic E-state index is 0.00973. The van der Waals surface area contributed by atoms with E-state index in [-0.39, 0.29) is 5.91 Å². The molecule has 5 heteroatoms. The number of carbonyl (C=O) groups excluding carboxylic acids is 1. The van der Waals surface area contributed by atoms with Gasteiger partial charge in [-0.2, -0.15) is 0 Å². The third kappa shape index (κ3) is 4.92. The van der Waals surface area contributed by atoms with Crippen molar-refractivity contribution in [1.82, 2.24) is 4.90 Å². The monoisotopic (exact) mass is 357 g/mol. The molecule has 0 aliphatic heterocycles. The van der Waals surface area contributed by atoms with Gasteiger partial charge in [0.2, 0.25) is 0 Å². The lowest BCUT2D eigenvalue weighted by atomic mass is 10.1. The zero-order valence-electron chi connectivity index (χ0n) is 13.2. The predicted molar refractivity (Wildman–Crippen MR) is 88.3 cm³/mol. The fraction of sp³-hybridized carbons (Fsp3) is 0.562. The van der Waals surface area contributed by atoms with Gasteiger partial charge in [0.25, 0.3) is 5.91 Å². The maximum Gasteiger partial charge on any atom is 0.253 e. The van der Waals surface area contributed by atoms with Crippen molar-refractivity contribution in [3.63, 3.8) is 0 Å². The molecule has 0 aliphatic carbocycles. The Morgan fingerprint density at radius 2 is 2.00 bits per heavy atom. The van der Waals surface area contributed by atoms with Crippen molar-refractivity contribution in [3.8, 4) is 11.5 Å². The van der Waals surface area contributed by atoms with Gasteiger partial charge in [-0.1, -0.05) is 20.3 Å². The molecule has 0 heterocycles. The first-order chi connectivity index (χ1) is 10.0. The second-order valence-corrected chi connectivity index (χ2v) is 5.77. The van der Waals surface area contributed by atoms with E-state index in [1.54, 1.807) is 24.1 Å². The second kappa shape index (κ2) is 8.93. The molecule has 1 amide bonds. The van der Waals surface area contributed by atoms with Crippen molar-refractivity contribution < 1.29 is 14.3 Å². The summed E-state index contributed by atoms with van der Waals surface area (Å²) < 4.78 is 11.8. The van der Waals surface area contributed by atoms with E-state index in [9.17, 15) is 4.79 Å². The van der Waals surface area contributed by atoms with Gasteiger partial charge in [-0.05, 0) is 40.9 Å². The second-order valence-electron chi connectivity index (χ2n) is 4.92. The summed E-state index contributed by atoms with van der Waals surface area (Å²) in [6.07, 6.45) is 2.97. The minimum atomic E-state index is -0.00973. The molecule has 118 valence electrons. The molecule has 0 bridgehead atoms. The Balaban J connectivity index is 2.99. The Morgan fingerprint density at radius 1 is 1.29 bits per heavy atom. The number of ether oxygens (including phenoxy) is 2. The standard InChI is InChI=1S/C16H24BrNO3/c1-5-7-8-18(3)16(19)12-10-13(17)15(21-9-6-2)14(11-12)20-4/h10-11H,5-9H2,1-4H3. The van der Waals surface area contributed by atoms with Gasteiger partial charge < -0.3 is 14.4 Å². The maximum atomic E-state index is 12.4. The van der Waals surface area contributed by atoms with Crippen LogP contribution in [0.3, 0.4) is 0 Å². The molecule has 0 radical (unpaired) electrons. The lowest BCUT2D eigenvalue weighted by molar-refractivity contribution is 0.0792. The molecule has 0 aliphatic rings. The first-order valence-corrected chi connectivity index (χ1v) is 8.10. The molecular formula is C16H24BrNO3. The zero-order chi connectivity index (χ0) is 15.8. The Labute approximate surface area is 135 Å². The van der Waals surface area contributed by atoms with Crippen LogP contribution in [0.15, 0.2) is 16.6 Å². The van der Waals surface area contributed by atoms with Gasteiger partial charge in [0.15, 0.2) is 11.5 Å². The summed E-state index contributed by atoms with van der Waals surface area (Å²) in [5.41, 5.74) is 0.598. The van der Waals surface area contributed by atoms with E-state index in [2.05, 4.69) is 22.9 Å². The zero-order valence-corrected chi connectivity index (χ0v) is 14.8. The summed E-state index contributed by atoms with van der Waals surface area (Å²) in [6, 6.07) is 3.53. The average Bonchev–Trinajstić information content (AvgIpc) is 2.49. The average molecular weight is 358 g/mol. The molecule has 0 saturated heterocycles. The van der Waals surface area contributed by atoms with Crippen molar-refractivity contribution in [2.45, 2.75) is 33.1 Å². The number of carbonyl (C=O) groups is 1. The summed E-state index contributed by atoms with van der Waals surface area (Å²) in [5.74, 6) is 1.21. The van der Waals surface area contributed by atoms with Crippen LogP contribution in [0.25, 0.3) is 0 Å². The van der Waals surface area contributed by atoms with Gasteiger partial charge >= 0.3 is 0 Å². The van der Waals surface area contributed by atoms with Crippen molar-refractivity contribution in [1.29, 1.82) is 0 Å². The first kappa shape index (κ1) is 17.8. The highest BCUT2D eigenvalue weighted by Gasteiger charge is 2.17. The smallest absolute Gasteiger partial charge is 0.253 e. The molecule has 1 aromatic carbocycles. The van der Waals surface area contributed by atoms with Gasteiger partial charge in [0, 0.05) is 19.2 Å². The quantitative estimate of drug-likeness (QED) is 0.702. The number of hydrogen-bond acceptors (Lipinski definition) is 3. The van der Waals surface area contributed by atoms with E-state index in [1.165, 1.54) is 0 Å². The lowest BCUT2D eigenvalue weighted by Crippen LogP contribution is -2.27. The van der Waals surface area contributed by atoms with E-state index >= 15 is 0 Å². The van der Waals surface area contributed by atoms with Crippen LogP contribution >= 0.6 is 15.9 Å². The summed E-state index contributed by atoms with van der Waals surface area (Å²) in [7, 11) is 3.40. The number of methoxy groups -OCH3 is 1. The normalized spacial score (nSPS) is 10.3. The number of unbranched alkanes of at least 4 members (excludes halogenated alkanes) is 1. The number of nitrogens with zero attached hydrogens (tertiary/aromatic N) is 1. The molecule has 4 nitrogen and oxygen atoms in total. The lowest BCUT2D eigenvalue weighted by Gasteiger charge is -2.19. The largest absolute Gasteiger partial charge is 0.493 e. The third-order valence-electron chi connectivity index (χ3n) is 3.12. The summed E-state index contributed by atoms with van der Waals surface area (Å²) >= 11 is 3.46. The number of halogens is 1. The van der Waals surface area contributed by atoms with Crippen LogP contribution in [-0.4, -0.2) is 38.1 Å². The Kier molecular flexibility index (Phi) is 7.57. The first-order valence-electron chi connectivity index (χ1n) is 7.30. The third-order valence-corrected chi connectivity index (χ3v) is 3.71. The number of rotatable bonds is 8. The van der Waals surface area contributed by atoms with Gasteiger partial charge in [-0.3, -0.25) is 4.79 Å². The molecule has 0 spiro atoms. The Hall–Kier alpha value is -1.23. The van der Waals surface area contributed by atoms with Gasteiger partial charge in [0.05, 0.1) is 18.2 Å². The molecule has 1 aromatic rings. The highest BCUT2D eigenvalue weighted by Crippen LogP contribution is 2.37. The SMILES string of the molecule is CCCCN(C)C(=O)c1cc(Br)c(OCCC)c(OC)c1. The van der Waals surface area contributed by atoms with E-state index in [0.717, 1.165) is 30.3 Å². The number of benzene rings is 1. The van der Waals surface area contributed by atoms with E-state index in [0.29, 0.717) is 23.7 Å². The maximum absolute atomic E-state index is 12.4. The fourth-order valence-corrected chi connectivity index (χ4v) is 2.46. The van der Waals surface area contributed by atoms with Gasteiger partial charge in [0.1, 0.15) is 0 Å². The topological polar surface area (TPSA) is 38.8 Å². The van der Waals surface area contributed by atoms with Gasteiger partial charge in [-0.15, -0.1) is 0 Å². The predicted octanol–water partition coefficient (Wildman–Crippen LogP) is 4.12. The number of amides is 1. The molecule has 1 rings (SSSR count). The van der Waals surface area contributed by atoms with Crippen LogP contribution in [-0.2, 0) is 0 Å². The van der Waals surface area contributed by atoms with Crippen LogP contribution in [0.1, 0.15) is 43.5 Å².